The minimum Gasteiger partial charge on any atom is -0.497 e. The number of carbonyl (C=O) groups is 1. The Labute approximate surface area is 142 Å². The molecule has 0 spiro atoms. The first-order chi connectivity index (χ1) is 11.1. The molecule has 1 amide bonds. The summed E-state index contributed by atoms with van der Waals surface area (Å²) < 4.78 is 6.19. The van der Waals surface area contributed by atoms with E-state index in [0.29, 0.717) is 11.3 Å². The van der Waals surface area contributed by atoms with Gasteiger partial charge < -0.3 is 10.1 Å². The van der Waals surface area contributed by atoms with Crippen molar-refractivity contribution < 1.29 is 9.53 Å². The number of benzene rings is 2. The van der Waals surface area contributed by atoms with E-state index in [0.717, 1.165) is 26.8 Å². The molecular formula is C18H15BrN2O2. The molecule has 1 aromatic heterocycles. The fourth-order valence-corrected chi connectivity index (χ4v) is 2.60. The fourth-order valence-electron chi connectivity index (χ4n) is 2.34. The number of hydrogen-bond acceptors (Lipinski definition) is 3. The summed E-state index contributed by atoms with van der Waals surface area (Å²) in [7, 11) is 1.62. The number of pyridine rings is 1. The van der Waals surface area contributed by atoms with Crippen LogP contribution in [0.3, 0.4) is 0 Å². The molecule has 0 saturated carbocycles. The summed E-state index contributed by atoms with van der Waals surface area (Å²) >= 11 is 3.37. The van der Waals surface area contributed by atoms with Crippen molar-refractivity contribution in [2.45, 2.75) is 6.92 Å². The third kappa shape index (κ3) is 3.35. The van der Waals surface area contributed by atoms with Gasteiger partial charge in [-0.05, 0) is 55.5 Å². The number of hydrogen-bond donors (Lipinski definition) is 1. The van der Waals surface area contributed by atoms with Crippen molar-refractivity contribution in [3.8, 4) is 5.75 Å². The van der Waals surface area contributed by atoms with E-state index in [1.165, 1.54) is 0 Å². The van der Waals surface area contributed by atoms with Crippen molar-refractivity contribution in [2.75, 3.05) is 12.4 Å². The van der Waals surface area contributed by atoms with Crippen LogP contribution in [-0.4, -0.2) is 18.0 Å². The number of nitrogens with zero attached hydrogens (tertiary/aromatic N) is 1. The molecule has 0 saturated heterocycles. The number of aryl methyl sites for hydroxylation is 1. The van der Waals surface area contributed by atoms with Gasteiger partial charge in [0.25, 0.3) is 5.91 Å². The van der Waals surface area contributed by atoms with Crippen LogP contribution in [0.15, 0.2) is 53.0 Å². The van der Waals surface area contributed by atoms with Crippen molar-refractivity contribution in [2.24, 2.45) is 0 Å². The standard InChI is InChI=1S/C18H15BrN2O2/c1-11-16(18(22)21-14-5-3-13(19)4-6-14)10-12-9-15(23-2)7-8-17(12)20-11/h3-10H,1-2H3,(H,21,22). The van der Waals surface area contributed by atoms with Gasteiger partial charge >= 0.3 is 0 Å². The second-order valence-electron chi connectivity index (χ2n) is 5.14. The lowest BCUT2D eigenvalue weighted by atomic mass is 10.1. The highest BCUT2D eigenvalue weighted by atomic mass is 79.9. The zero-order valence-corrected chi connectivity index (χ0v) is 14.3. The van der Waals surface area contributed by atoms with Crippen molar-refractivity contribution in [1.82, 2.24) is 4.98 Å². The molecule has 4 nitrogen and oxygen atoms in total. The summed E-state index contributed by atoms with van der Waals surface area (Å²) in [5.41, 5.74) is 2.82. The molecule has 0 atom stereocenters. The molecule has 0 unspecified atom stereocenters. The molecule has 1 N–H and O–H groups in total. The first-order valence-corrected chi connectivity index (χ1v) is 7.88. The molecule has 3 rings (SSSR count). The number of carbonyl (C=O) groups excluding carboxylic acids is 1. The number of fused-ring (bicyclic) bond motifs is 1. The topological polar surface area (TPSA) is 51.2 Å². The summed E-state index contributed by atoms with van der Waals surface area (Å²) in [5, 5.41) is 3.76. The van der Waals surface area contributed by atoms with Gasteiger partial charge in [-0.15, -0.1) is 0 Å². The van der Waals surface area contributed by atoms with Crippen LogP contribution < -0.4 is 10.1 Å². The van der Waals surface area contributed by atoms with Gasteiger partial charge in [-0.2, -0.15) is 0 Å². The fraction of sp³-hybridized carbons (Fsp3) is 0.111. The second-order valence-corrected chi connectivity index (χ2v) is 6.06. The number of nitrogens with one attached hydrogen (secondary N) is 1. The molecule has 5 heteroatoms. The van der Waals surface area contributed by atoms with Crippen LogP contribution in [0.25, 0.3) is 10.9 Å². The maximum absolute atomic E-state index is 12.5. The van der Waals surface area contributed by atoms with Crippen LogP contribution in [0.1, 0.15) is 16.1 Å². The predicted octanol–water partition coefficient (Wildman–Crippen LogP) is 4.57. The van der Waals surface area contributed by atoms with Crippen LogP contribution in [0.4, 0.5) is 5.69 Å². The zero-order valence-electron chi connectivity index (χ0n) is 12.8. The summed E-state index contributed by atoms with van der Waals surface area (Å²) in [6.45, 7) is 1.83. The van der Waals surface area contributed by atoms with E-state index in [1.807, 2.05) is 55.5 Å². The van der Waals surface area contributed by atoms with E-state index < -0.39 is 0 Å². The second kappa shape index (κ2) is 6.38. The summed E-state index contributed by atoms with van der Waals surface area (Å²) in [4.78, 5) is 17.0. The Morgan fingerprint density at radius 2 is 1.87 bits per heavy atom. The Bertz CT molecular complexity index is 876. The normalized spacial score (nSPS) is 10.6. The van der Waals surface area contributed by atoms with E-state index in [-0.39, 0.29) is 5.91 Å². The first-order valence-electron chi connectivity index (χ1n) is 7.09. The molecule has 0 bridgehead atoms. The Balaban J connectivity index is 1.95. The lowest BCUT2D eigenvalue weighted by Gasteiger charge is -2.10. The number of rotatable bonds is 3. The molecule has 1 heterocycles. The highest BCUT2D eigenvalue weighted by Crippen LogP contribution is 2.23. The predicted molar refractivity (Wildman–Crippen MR) is 95.1 cm³/mol. The monoisotopic (exact) mass is 370 g/mol. The summed E-state index contributed by atoms with van der Waals surface area (Å²) in [5.74, 6) is 0.560. The molecule has 0 radical (unpaired) electrons. The summed E-state index contributed by atoms with van der Waals surface area (Å²) in [6.07, 6.45) is 0. The van der Waals surface area contributed by atoms with Crippen molar-refractivity contribution in [3.63, 3.8) is 0 Å². The molecule has 0 fully saturated rings. The number of anilines is 1. The van der Waals surface area contributed by atoms with Gasteiger partial charge in [-0.3, -0.25) is 9.78 Å². The van der Waals surface area contributed by atoms with Crippen LogP contribution in [-0.2, 0) is 0 Å². The molecule has 0 aliphatic rings. The van der Waals surface area contributed by atoms with Gasteiger partial charge in [0.2, 0.25) is 0 Å². The average molecular weight is 371 g/mol. The maximum Gasteiger partial charge on any atom is 0.257 e. The molecule has 2 aromatic carbocycles. The molecular weight excluding hydrogens is 356 g/mol. The van der Waals surface area contributed by atoms with Gasteiger partial charge in [0, 0.05) is 15.5 Å². The van der Waals surface area contributed by atoms with Gasteiger partial charge in [0.1, 0.15) is 5.75 Å². The van der Waals surface area contributed by atoms with E-state index in [2.05, 4.69) is 26.2 Å². The summed E-state index contributed by atoms with van der Waals surface area (Å²) in [6, 6.07) is 14.9. The van der Waals surface area contributed by atoms with Crippen molar-refractivity contribution >= 4 is 38.4 Å². The third-order valence-electron chi connectivity index (χ3n) is 3.56. The molecule has 23 heavy (non-hydrogen) atoms. The number of methoxy groups -OCH3 is 1. The number of amides is 1. The SMILES string of the molecule is COc1ccc2nc(C)c(C(=O)Nc3ccc(Br)cc3)cc2c1. The lowest BCUT2D eigenvalue weighted by molar-refractivity contribution is 0.102. The average Bonchev–Trinajstić information content (AvgIpc) is 2.55. The van der Waals surface area contributed by atoms with Gasteiger partial charge in [-0.25, -0.2) is 0 Å². The Morgan fingerprint density at radius 1 is 1.13 bits per heavy atom. The van der Waals surface area contributed by atoms with Crippen molar-refractivity contribution in [3.05, 3.63) is 64.3 Å². The van der Waals surface area contributed by atoms with Gasteiger partial charge in [0.05, 0.1) is 23.9 Å². The van der Waals surface area contributed by atoms with Crippen LogP contribution in [0, 0.1) is 6.92 Å². The Hall–Kier alpha value is -2.40. The molecule has 116 valence electrons. The van der Waals surface area contributed by atoms with Gasteiger partial charge in [0.15, 0.2) is 0 Å². The van der Waals surface area contributed by atoms with E-state index in [4.69, 9.17) is 4.74 Å². The molecule has 0 aliphatic carbocycles. The number of aromatic nitrogens is 1. The highest BCUT2D eigenvalue weighted by Gasteiger charge is 2.12. The quantitative estimate of drug-likeness (QED) is 0.734. The van der Waals surface area contributed by atoms with Crippen LogP contribution in [0.5, 0.6) is 5.75 Å². The largest absolute Gasteiger partial charge is 0.497 e. The number of ether oxygens (including phenoxy) is 1. The van der Waals surface area contributed by atoms with Crippen molar-refractivity contribution in [1.29, 1.82) is 0 Å². The Morgan fingerprint density at radius 3 is 2.57 bits per heavy atom. The maximum atomic E-state index is 12.5. The Kier molecular flexibility index (Phi) is 4.30. The van der Waals surface area contributed by atoms with Crippen LogP contribution >= 0.6 is 15.9 Å². The van der Waals surface area contributed by atoms with Gasteiger partial charge in [-0.1, -0.05) is 15.9 Å². The molecule has 3 aromatic rings. The highest BCUT2D eigenvalue weighted by molar-refractivity contribution is 9.10. The van der Waals surface area contributed by atoms with Crippen LogP contribution in [0.2, 0.25) is 0 Å². The van der Waals surface area contributed by atoms with E-state index in [9.17, 15) is 4.79 Å². The smallest absolute Gasteiger partial charge is 0.257 e. The molecule has 0 aliphatic heterocycles. The van der Waals surface area contributed by atoms with E-state index in [1.54, 1.807) is 7.11 Å². The minimum atomic E-state index is -0.179. The lowest BCUT2D eigenvalue weighted by Crippen LogP contribution is -2.14. The minimum absolute atomic E-state index is 0.179. The first kappa shape index (κ1) is 15.5. The number of halogens is 1. The third-order valence-corrected chi connectivity index (χ3v) is 4.09. The zero-order chi connectivity index (χ0) is 16.4. The van der Waals surface area contributed by atoms with E-state index >= 15 is 0 Å².